The monoisotopic (exact) mass is 262 g/mol. The van der Waals surface area contributed by atoms with Crippen LogP contribution in [0.5, 0.6) is 0 Å². The fourth-order valence-corrected chi connectivity index (χ4v) is 1.43. The van der Waals surface area contributed by atoms with E-state index in [9.17, 15) is 18.4 Å². The Kier molecular flexibility index (Phi) is 3.66. The summed E-state index contributed by atoms with van der Waals surface area (Å²) in [5.74, 6) is -3.22. The van der Waals surface area contributed by atoms with Crippen LogP contribution >= 0.6 is 0 Å². The molecule has 0 fully saturated rings. The van der Waals surface area contributed by atoms with Crippen molar-refractivity contribution < 1.29 is 23.1 Å². The first-order valence-corrected chi connectivity index (χ1v) is 5.34. The van der Waals surface area contributed by atoms with E-state index >= 15 is 0 Å². The predicted molar refractivity (Wildman–Crippen MR) is 62.5 cm³/mol. The quantitative estimate of drug-likeness (QED) is 0.617. The summed E-state index contributed by atoms with van der Waals surface area (Å²) in [5.41, 5.74) is -0.186. The first kappa shape index (κ1) is 12.9. The second-order valence-corrected chi connectivity index (χ2v) is 3.70. The summed E-state index contributed by atoms with van der Waals surface area (Å²) in [5, 5.41) is 0. The summed E-state index contributed by atoms with van der Waals surface area (Å²) in [6.45, 7) is 0. The average molecular weight is 262 g/mol. The summed E-state index contributed by atoms with van der Waals surface area (Å²) in [6, 6.07) is 9.46. The number of ether oxygens (including phenoxy) is 1. The summed E-state index contributed by atoms with van der Waals surface area (Å²) in [4.78, 5) is 23.1. The number of carbonyl (C=O) groups excluding carboxylic acids is 2. The van der Waals surface area contributed by atoms with Gasteiger partial charge in [-0.25, -0.2) is 18.4 Å². The Morgan fingerprint density at radius 3 is 1.58 bits per heavy atom. The number of hydrogen-bond acceptors (Lipinski definition) is 3. The van der Waals surface area contributed by atoms with Gasteiger partial charge in [0.25, 0.3) is 0 Å². The number of rotatable bonds is 2. The summed E-state index contributed by atoms with van der Waals surface area (Å²) >= 11 is 0. The molecule has 0 N–H and O–H groups in total. The lowest BCUT2D eigenvalue weighted by Crippen LogP contribution is -2.13. The maximum absolute atomic E-state index is 12.9. The fraction of sp³-hybridized carbons (Fsp3) is 0. The van der Waals surface area contributed by atoms with E-state index in [0.717, 1.165) is 24.3 Å². The van der Waals surface area contributed by atoms with Crippen LogP contribution in [0, 0.1) is 11.6 Å². The zero-order valence-corrected chi connectivity index (χ0v) is 9.60. The fourth-order valence-electron chi connectivity index (χ4n) is 1.43. The van der Waals surface area contributed by atoms with Gasteiger partial charge in [0.05, 0.1) is 11.1 Å². The Bertz CT molecular complexity index is 583. The number of benzene rings is 2. The molecule has 0 unspecified atom stereocenters. The molecule has 0 bridgehead atoms. The van der Waals surface area contributed by atoms with Gasteiger partial charge in [0.15, 0.2) is 0 Å². The first-order chi connectivity index (χ1) is 9.06. The van der Waals surface area contributed by atoms with Crippen LogP contribution in [0.25, 0.3) is 0 Å². The third-order valence-electron chi connectivity index (χ3n) is 2.31. The highest BCUT2D eigenvalue weighted by atomic mass is 19.1. The SMILES string of the molecule is O=C(OC(=O)c1cccc(F)c1)c1cccc(F)c1. The molecule has 96 valence electrons. The molecule has 19 heavy (non-hydrogen) atoms. The molecule has 0 aliphatic heterocycles. The summed E-state index contributed by atoms with van der Waals surface area (Å²) in [7, 11) is 0. The van der Waals surface area contributed by atoms with Crippen LogP contribution in [0.15, 0.2) is 48.5 Å². The predicted octanol–water partition coefficient (Wildman–Crippen LogP) is 2.96. The van der Waals surface area contributed by atoms with Crippen LogP contribution in [0.2, 0.25) is 0 Å². The van der Waals surface area contributed by atoms with E-state index in [1.54, 1.807) is 0 Å². The third-order valence-corrected chi connectivity index (χ3v) is 2.31. The van der Waals surface area contributed by atoms with Gasteiger partial charge in [-0.2, -0.15) is 0 Å². The molecule has 0 heterocycles. The van der Waals surface area contributed by atoms with Crippen LogP contribution in [0.4, 0.5) is 8.78 Å². The molecule has 0 spiro atoms. The number of hydrogen-bond donors (Lipinski definition) is 0. The van der Waals surface area contributed by atoms with Crippen molar-refractivity contribution in [1.82, 2.24) is 0 Å². The Morgan fingerprint density at radius 1 is 0.789 bits per heavy atom. The van der Waals surface area contributed by atoms with Crippen molar-refractivity contribution in [3.05, 3.63) is 71.3 Å². The average Bonchev–Trinajstić information content (AvgIpc) is 2.38. The standard InChI is InChI=1S/C14H8F2O3/c15-11-5-1-3-9(7-11)13(17)19-14(18)10-4-2-6-12(16)8-10/h1-8H. The van der Waals surface area contributed by atoms with Gasteiger partial charge in [-0.05, 0) is 36.4 Å². The van der Waals surface area contributed by atoms with Crippen molar-refractivity contribution in [3.63, 3.8) is 0 Å². The molecule has 0 saturated carbocycles. The molecule has 0 aromatic heterocycles. The maximum atomic E-state index is 12.9. The second kappa shape index (κ2) is 5.39. The van der Waals surface area contributed by atoms with E-state index in [1.807, 2.05) is 0 Å². The normalized spacial score (nSPS) is 10.0. The van der Waals surface area contributed by atoms with Crippen molar-refractivity contribution in [2.45, 2.75) is 0 Å². The van der Waals surface area contributed by atoms with Crippen molar-refractivity contribution in [3.8, 4) is 0 Å². The van der Waals surface area contributed by atoms with Gasteiger partial charge in [0, 0.05) is 0 Å². The number of carbonyl (C=O) groups is 2. The van der Waals surface area contributed by atoms with Gasteiger partial charge in [-0.1, -0.05) is 12.1 Å². The van der Waals surface area contributed by atoms with E-state index in [1.165, 1.54) is 24.3 Å². The van der Waals surface area contributed by atoms with E-state index in [4.69, 9.17) is 0 Å². The van der Waals surface area contributed by atoms with E-state index < -0.39 is 23.6 Å². The van der Waals surface area contributed by atoms with Crippen LogP contribution < -0.4 is 0 Å². The lowest BCUT2D eigenvalue weighted by molar-refractivity contribution is 0.0397. The van der Waals surface area contributed by atoms with Crippen molar-refractivity contribution in [2.75, 3.05) is 0 Å². The van der Waals surface area contributed by atoms with Crippen LogP contribution in [0.3, 0.4) is 0 Å². The maximum Gasteiger partial charge on any atom is 0.346 e. The molecule has 0 saturated heterocycles. The van der Waals surface area contributed by atoms with Gasteiger partial charge in [-0.15, -0.1) is 0 Å². The van der Waals surface area contributed by atoms with Crippen molar-refractivity contribution in [2.24, 2.45) is 0 Å². The lowest BCUT2D eigenvalue weighted by Gasteiger charge is -2.03. The molecule has 5 heteroatoms. The zero-order chi connectivity index (χ0) is 13.8. The van der Waals surface area contributed by atoms with Gasteiger partial charge >= 0.3 is 11.9 Å². The lowest BCUT2D eigenvalue weighted by atomic mass is 10.2. The minimum Gasteiger partial charge on any atom is -0.386 e. The molecular formula is C14H8F2O3. The molecule has 3 nitrogen and oxygen atoms in total. The first-order valence-electron chi connectivity index (χ1n) is 5.34. The molecular weight excluding hydrogens is 254 g/mol. The number of halogens is 2. The Balaban J connectivity index is 2.13. The highest BCUT2D eigenvalue weighted by Crippen LogP contribution is 2.09. The van der Waals surface area contributed by atoms with Gasteiger partial charge in [0.1, 0.15) is 11.6 Å². The van der Waals surface area contributed by atoms with E-state index in [-0.39, 0.29) is 11.1 Å². The molecule has 2 aromatic carbocycles. The van der Waals surface area contributed by atoms with E-state index in [0.29, 0.717) is 0 Å². The molecule has 2 rings (SSSR count). The molecule has 2 aromatic rings. The van der Waals surface area contributed by atoms with Crippen LogP contribution in [0.1, 0.15) is 20.7 Å². The number of esters is 2. The Hall–Kier alpha value is -2.56. The van der Waals surface area contributed by atoms with Crippen molar-refractivity contribution in [1.29, 1.82) is 0 Å². The highest BCUT2D eigenvalue weighted by molar-refractivity contribution is 6.02. The third kappa shape index (κ3) is 3.22. The van der Waals surface area contributed by atoms with Crippen LogP contribution in [-0.2, 0) is 4.74 Å². The summed E-state index contributed by atoms with van der Waals surface area (Å²) in [6.07, 6.45) is 0. The minimum atomic E-state index is -0.992. The zero-order valence-electron chi connectivity index (χ0n) is 9.60. The topological polar surface area (TPSA) is 43.4 Å². The molecule has 0 aliphatic carbocycles. The second-order valence-electron chi connectivity index (χ2n) is 3.70. The minimum absolute atomic E-state index is 0.0928. The van der Waals surface area contributed by atoms with Crippen LogP contribution in [-0.4, -0.2) is 11.9 Å². The Morgan fingerprint density at radius 2 is 1.21 bits per heavy atom. The van der Waals surface area contributed by atoms with Gasteiger partial charge < -0.3 is 4.74 Å². The molecule has 0 radical (unpaired) electrons. The summed E-state index contributed by atoms with van der Waals surface area (Å²) < 4.78 is 30.3. The largest absolute Gasteiger partial charge is 0.386 e. The van der Waals surface area contributed by atoms with Gasteiger partial charge in [-0.3, -0.25) is 0 Å². The Labute approximate surface area is 107 Å². The molecule has 0 amide bonds. The molecule has 0 aliphatic rings. The molecule has 0 atom stereocenters. The highest BCUT2D eigenvalue weighted by Gasteiger charge is 2.15. The van der Waals surface area contributed by atoms with E-state index in [2.05, 4.69) is 4.74 Å². The smallest absolute Gasteiger partial charge is 0.346 e. The van der Waals surface area contributed by atoms with Crippen molar-refractivity contribution >= 4 is 11.9 Å². The van der Waals surface area contributed by atoms with Gasteiger partial charge in [0.2, 0.25) is 0 Å².